The molecule has 1 amide bonds. The van der Waals surface area contributed by atoms with Crippen LogP contribution in [-0.4, -0.2) is 32.5 Å². The molecular formula is C16H24N4OS. The molecule has 1 aromatic heterocycles. The van der Waals surface area contributed by atoms with E-state index in [0.29, 0.717) is 24.3 Å². The van der Waals surface area contributed by atoms with Gasteiger partial charge in [0.2, 0.25) is 5.91 Å². The summed E-state index contributed by atoms with van der Waals surface area (Å²) in [6.07, 6.45) is 10.3. The van der Waals surface area contributed by atoms with Crippen molar-refractivity contribution in [1.29, 1.82) is 0 Å². The predicted molar refractivity (Wildman–Crippen MR) is 87.9 cm³/mol. The summed E-state index contributed by atoms with van der Waals surface area (Å²) >= 11 is 1.48. The van der Waals surface area contributed by atoms with E-state index in [2.05, 4.69) is 26.7 Å². The Morgan fingerprint density at radius 3 is 2.73 bits per heavy atom. The predicted octanol–water partition coefficient (Wildman–Crippen LogP) is 2.88. The molecular weight excluding hydrogens is 296 g/mol. The van der Waals surface area contributed by atoms with Crippen LogP contribution in [0.15, 0.2) is 17.8 Å². The Bertz CT molecular complexity index is 532. The SMILES string of the molecule is C=CCn1c(SCC(=O)NC2CCCCC2)nnc1C1CC1. The third-order valence-corrected chi connectivity index (χ3v) is 5.27. The minimum absolute atomic E-state index is 0.109. The van der Waals surface area contributed by atoms with Crippen LogP contribution in [0.2, 0.25) is 0 Å². The highest BCUT2D eigenvalue weighted by Crippen LogP contribution is 2.40. The summed E-state index contributed by atoms with van der Waals surface area (Å²) in [5.74, 6) is 2.13. The molecule has 0 atom stereocenters. The van der Waals surface area contributed by atoms with E-state index in [4.69, 9.17) is 0 Å². The number of hydrogen-bond acceptors (Lipinski definition) is 4. The van der Waals surface area contributed by atoms with Gasteiger partial charge in [-0.1, -0.05) is 37.1 Å². The minimum atomic E-state index is 0.109. The molecule has 1 heterocycles. The van der Waals surface area contributed by atoms with Gasteiger partial charge in [-0.15, -0.1) is 16.8 Å². The summed E-state index contributed by atoms with van der Waals surface area (Å²) in [7, 11) is 0. The number of nitrogens with zero attached hydrogens (tertiary/aromatic N) is 3. The second kappa shape index (κ2) is 7.31. The van der Waals surface area contributed by atoms with Crippen LogP contribution in [0.3, 0.4) is 0 Å². The van der Waals surface area contributed by atoms with Crippen molar-refractivity contribution in [3.8, 4) is 0 Å². The standard InChI is InChI=1S/C16H24N4OS/c1-2-10-20-15(12-8-9-12)18-19-16(20)22-11-14(21)17-13-6-4-3-5-7-13/h2,12-13H,1,3-11H2,(H,17,21). The second-order valence-electron chi connectivity index (χ2n) is 6.21. The Hall–Kier alpha value is -1.30. The average Bonchev–Trinajstić information content (AvgIpc) is 3.29. The van der Waals surface area contributed by atoms with Crippen molar-refractivity contribution in [2.75, 3.05) is 5.75 Å². The molecule has 0 aromatic carbocycles. The number of amides is 1. The van der Waals surface area contributed by atoms with Crippen LogP contribution in [0.25, 0.3) is 0 Å². The second-order valence-corrected chi connectivity index (χ2v) is 7.15. The van der Waals surface area contributed by atoms with Crippen molar-refractivity contribution in [1.82, 2.24) is 20.1 Å². The Kier molecular flexibility index (Phi) is 5.18. The maximum absolute atomic E-state index is 12.1. The topological polar surface area (TPSA) is 59.8 Å². The van der Waals surface area contributed by atoms with Gasteiger partial charge in [-0.05, 0) is 25.7 Å². The number of aromatic nitrogens is 3. The van der Waals surface area contributed by atoms with Gasteiger partial charge in [-0.3, -0.25) is 4.79 Å². The van der Waals surface area contributed by atoms with Crippen LogP contribution >= 0.6 is 11.8 Å². The summed E-state index contributed by atoms with van der Waals surface area (Å²) in [6, 6.07) is 0.370. The summed E-state index contributed by atoms with van der Waals surface area (Å²) in [5, 5.41) is 12.5. The molecule has 0 spiro atoms. The first-order valence-electron chi connectivity index (χ1n) is 8.24. The van der Waals surface area contributed by atoms with E-state index < -0.39 is 0 Å². The first-order valence-corrected chi connectivity index (χ1v) is 9.22. The first kappa shape index (κ1) is 15.6. The van der Waals surface area contributed by atoms with Crippen molar-refractivity contribution >= 4 is 17.7 Å². The van der Waals surface area contributed by atoms with Gasteiger partial charge in [0, 0.05) is 18.5 Å². The van der Waals surface area contributed by atoms with E-state index in [1.165, 1.54) is 43.9 Å². The van der Waals surface area contributed by atoms with Gasteiger partial charge in [-0.25, -0.2) is 0 Å². The lowest BCUT2D eigenvalue weighted by atomic mass is 9.95. The minimum Gasteiger partial charge on any atom is -0.353 e. The number of hydrogen-bond donors (Lipinski definition) is 1. The van der Waals surface area contributed by atoms with E-state index in [-0.39, 0.29) is 5.91 Å². The van der Waals surface area contributed by atoms with E-state index in [1.807, 2.05) is 6.08 Å². The Morgan fingerprint density at radius 1 is 1.27 bits per heavy atom. The molecule has 2 aliphatic carbocycles. The summed E-state index contributed by atoms with van der Waals surface area (Å²) in [5.41, 5.74) is 0. The molecule has 2 aliphatic rings. The number of rotatable bonds is 7. The molecule has 3 rings (SSSR count). The maximum atomic E-state index is 12.1. The van der Waals surface area contributed by atoms with Gasteiger partial charge >= 0.3 is 0 Å². The van der Waals surface area contributed by atoms with Crippen molar-refractivity contribution in [2.24, 2.45) is 0 Å². The third-order valence-electron chi connectivity index (χ3n) is 4.30. The van der Waals surface area contributed by atoms with Crippen LogP contribution in [-0.2, 0) is 11.3 Å². The fourth-order valence-electron chi connectivity index (χ4n) is 3.00. The highest BCUT2D eigenvalue weighted by Gasteiger charge is 2.30. The molecule has 0 bridgehead atoms. The van der Waals surface area contributed by atoms with Crippen LogP contribution in [0.4, 0.5) is 0 Å². The molecule has 0 aliphatic heterocycles. The third kappa shape index (κ3) is 3.91. The Balaban J connectivity index is 1.54. The number of nitrogens with one attached hydrogen (secondary N) is 1. The highest BCUT2D eigenvalue weighted by molar-refractivity contribution is 7.99. The summed E-state index contributed by atoms with van der Waals surface area (Å²) in [6.45, 7) is 4.52. The largest absolute Gasteiger partial charge is 0.353 e. The average molecular weight is 320 g/mol. The van der Waals surface area contributed by atoms with Crippen LogP contribution in [0, 0.1) is 0 Å². The Morgan fingerprint density at radius 2 is 2.05 bits per heavy atom. The lowest BCUT2D eigenvalue weighted by Crippen LogP contribution is -2.37. The lowest BCUT2D eigenvalue weighted by Gasteiger charge is -2.22. The highest BCUT2D eigenvalue weighted by atomic mass is 32.2. The van der Waals surface area contributed by atoms with E-state index >= 15 is 0 Å². The number of carbonyl (C=O) groups is 1. The molecule has 1 aromatic rings. The zero-order chi connectivity index (χ0) is 15.4. The molecule has 2 saturated carbocycles. The fraction of sp³-hybridized carbons (Fsp3) is 0.688. The zero-order valence-corrected chi connectivity index (χ0v) is 13.8. The molecule has 0 radical (unpaired) electrons. The number of thioether (sulfide) groups is 1. The van der Waals surface area contributed by atoms with E-state index in [0.717, 1.165) is 23.8 Å². The maximum Gasteiger partial charge on any atom is 0.230 e. The van der Waals surface area contributed by atoms with E-state index in [1.54, 1.807) is 0 Å². The van der Waals surface area contributed by atoms with Crippen molar-refractivity contribution < 1.29 is 4.79 Å². The fourth-order valence-corrected chi connectivity index (χ4v) is 3.76. The molecule has 2 fully saturated rings. The van der Waals surface area contributed by atoms with Crippen molar-refractivity contribution in [2.45, 2.75) is 68.6 Å². The van der Waals surface area contributed by atoms with Gasteiger partial charge in [0.25, 0.3) is 0 Å². The van der Waals surface area contributed by atoms with Gasteiger partial charge in [0.05, 0.1) is 5.75 Å². The summed E-state index contributed by atoms with van der Waals surface area (Å²) in [4.78, 5) is 12.1. The van der Waals surface area contributed by atoms with Gasteiger partial charge in [0.15, 0.2) is 5.16 Å². The van der Waals surface area contributed by atoms with Crippen molar-refractivity contribution in [3.63, 3.8) is 0 Å². The van der Waals surface area contributed by atoms with Crippen LogP contribution < -0.4 is 5.32 Å². The van der Waals surface area contributed by atoms with E-state index in [9.17, 15) is 4.79 Å². The van der Waals surface area contributed by atoms with Gasteiger partial charge in [-0.2, -0.15) is 0 Å². The molecule has 5 nitrogen and oxygen atoms in total. The number of carbonyl (C=O) groups excluding carboxylic acids is 1. The summed E-state index contributed by atoms with van der Waals surface area (Å²) < 4.78 is 2.10. The molecule has 1 N–H and O–H groups in total. The van der Waals surface area contributed by atoms with Crippen LogP contribution in [0.1, 0.15) is 56.7 Å². The van der Waals surface area contributed by atoms with Gasteiger partial charge in [0.1, 0.15) is 5.82 Å². The zero-order valence-electron chi connectivity index (χ0n) is 13.0. The van der Waals surface area contributed by atoms with Gasteiger partial charge < -0.3 is 9.88 Å². The molecule has 120 valence electrons. The monoisotopic (exact) mass is 320 g/mol. The van der Waals surface area contributed by atoms with Crippen LogP contribution in [0.5, 0.6) is 0 Å². The van der Waals surface area contributed by atoms with Crippen molar-refractivity contribution in [3.05, 3.63) is 18.5 Å². The smallest absolute Gasteiger partial charge is 0.230 e. The normalized spacial score (nSPS) is 19.1. The molecule has 6 heteroatoms. The first-order chi connectivity index (χ1) is 10.8. The quantitative estimate of drug-likeness (QED) is 0.620. The molecule has 0 saturated heterocycles. The lowest BCUT2D eigenvalue weighted by molar-refractivity contribution is -0.119. The Labute approximate surface area is 136 Å². The number of allylic oxidation sites excluding steroid dienone is 1. The molecule has 0 unspecified atom stereocenters. The molecule has 22 heavy (non-hydrogen) atoms.